The lowest BCUT2D eigenvalue weighted by Gasteiger charge is -2.44. The maximum Gasteiger partial charge on any atom is 0.127 e. The van der Waals surface area contributed by atoms with E-state index in [4.69, 9.17) is 4.74 Å². The second-order valence-electron chi connectivity index (χ2n) is 9.31. The Morgan fingerprint density at radius 1 is 1.08 bits per heavy atom. The van der Waals surface area contributed by atoms with Crippen molar-refractivity contribution in [3.05, 3.63) is 22.3 Å². The lowest BCUT2D eigenvalue weighted by Crippen LogP contribution is -2.35. The van der Waals surface area contributed by atoms with E-state index in [1.807, 2.05) is 0 Å². The molecule has 0 spiro atoms. The number of benzene rings is 1. The highest BCUT2D eigenvalue weighted by Gasteiger charge is 2.42. The quantitative estimate of drug-likeness (QED) is 0.755. The van der Waals surface area contributed by atoms with E-state index in [1.54, 1.807) is 0 Å². The molecule has 5 rings (SSSR count). The minimum absolute atomic E-state index is 0.0796. The highest BCUT2D eigenvalue weighted by molar-refractivity contribution is 5.63. The van der Waals surface area contributed by atoms with E-state index < -0.39 is 0 Å². The van der Waals surface area contributed by atoms with Crippen LogP contribution in [0.15, 0.2) is 0 Å². The predicted octanol–water partition coefficient (Wildman–Crippen LogP) is 5.84. The number of phenolic OH excluding ortho intramolecular Hbond substituents is 1. The highest BCUT2D eigenvalue weighted by Crippen LogP contribution is 2.58. The molecule has 1 aromatic carbocycles. The topological polar surface area (TPSA) is 29.5 Å². The van der Waals surface area contributed by atoms with Crippen LogP contribution < -0.4 is 4.74 Å². The van der Waals surface area contributed by atoms with Crippen molar-refractivity contribution in [2.24, 2.45) is 5.92 Å². The van der Waals surface area contributed by atoms with Gasteiger partial charge in [0.2, 0.25) is 0 Å². The van der Waals surface area contributed by atoms with Crippen molar-refractivity contribution < 1.29 is 9.84 Å². The van der Waals surface area contributed by atoms with Crippen molar-refractivity contribution in [2.75, 3.05) is 0 Å². The minimum atomic E-state index is -0.0796. The second kappa shape index (κ2) is 5.68. The number of fused-ring (bicyclic) bond motifs is 3. The summed E-state index contributed by atoms with van der Waals surface area (Å²) in [5.74, 6) is 3.64. The van der Waals surface area contributed by atoms with Gasteiger partial charge in [0.05, 0.1) is 0 Å². The Labute approximate surface area is 146 Å². The van der Waals surface area contributed by atoms with Gasteiger partial charge >= 0.3 is 0 Å². The number of hydrogen-bond donors (Lipinski definition) is 1. The molecule has 0 atom stereocenters. The fraction of sp³-hybridized carbons (Fsp3) is 0.727. The van der Waals surface area contributed by atoms with E-state index in [-0.39, 0.29) is 5.60 Å². The van der Waals surface area contributed by atoms with Gasteiger partial charge in [-0.3, -0.25) is 0 Å². The van der Waals surface area contributed by atoms with Crippen LogP contribution in [0.25, 0.3) is 0 Å². The number of hydrogen-bond acceptors (Lipinski definition) is 2. The number of rotatable bonds is 3. The van der Waals surface area contributed by atoms with Crippen LogP contribution in [0.5, 0.6) is 11.5 Å². The van der Waals surface area contributed by atoms with Crippen LogP contribution in [-0.2, 0) is 12.8 Å². The predicted molar refractivity (Wildman–Crippen MR) is 98.2 cm³/mol. The summed E-state index contributed by atoms with van der Waals surface area (Å²) >= 11 is 0. The van der Waals surface area contributed by atoms with Crippen molar-refractivity contribution in [1.29, 1.82) is 0 Å². The summed E-state index contributed by atoms with van der Waals surface area (Å²) in [6.45, 7) is 8.96. The van der Waals surface area contributed by atoms with Gasteiger partial charge in [0.1, 0.15) is 17.1 Å². The molecule has 4 aliphatic rings. The monoisotopic (exact) mass is 328 g/mol. The SMILES string of the molecule is CC(C)CCc1c(O)c2c(c3c1CCC(C)(C)O3)C1CCC2CC1. The number of aromatic hydroxyl groups is 1. The van der Waals surface area contributed by atoms with E-state index >= 15 is 0 Å². The molecule has 0 radical (unpaired) electrons. The molecule has 2 nitrogen and oxygen atoms in total. The first-order valence-corrected chi connectivity index (χ1v) is 9.97. The van der Waals surface area contributed by atoms with Crippen molar-refractivity contribution in [3.63, 3.8) is 0 Å². The van der Waals surface area contributed by atoms with E-state index in [1.165, 1.54) is 53.7 Å². The summed E-state index contributed by atoms with van der Waals surface area (Å²) < 4.78 is 6.56. The number of ether oxygens (including phenoxy) is 1. The zero-order valence-electron chi connectivity index (χ0n) is 15.7. The standard InChI is InChI=1S/C22H32O2/c1-13(2)5-10-16-17-11-12-22(3,4)24-21(17)19-15-8-6-14(7-9-15)18(19)20(16)23/h13-15,23H,5-12H2,1-4H3. The Hall–Kier alpha value is -1.18. The Kier molecular flexibility index (Phi) is 3.85. The van der Waals surface area contributed by atoms with Gasteiger partial charge in [-0.05, 0) is 83.0 Å². The van der Waals surface area contributed by atoms with Crippen LogP contribution in [0.3, 0.4) is 0 Å². The lowest BCUT2D eigenvalue weighted by molar-refractivity contribution is 0.0804. The first kappa shape index (κ1) is 16.3. The van der Waals surface area contributed by atoms with Crippen LogP contribution in [0.4, 0.5) is 0 Å². The van der Waals surface area contributed by atoms with Crippen molar-refractivity contribution in [1.82, 2.24) is 0 Å². The van der Waals surface area contributed by atoms with Crippen LogP contribution in [-0.4, -0.2) is 10.7 Å². The molecule has 0 saturated heterocycles. The largest absolute Gasteiger partial charge is 0.507 e. The normalized spacial score (nSPS) is 26.9. The summed E-state index contributed by atoms with van der Waals surface area (Å²) in [6.07, 6.45) is 9.26. The molecular formula is C22H32O2. The zero-order valence-corrected chi connectivity index (χ0v) is 15.7. The van der Waals surface area contributed by atoms with Crippen molar-refractivity contribution in [2.45, 2.75) is 96.5 Å². The number of phenols is 1. The van der Waals surface area contributed by atoms with E-state index in [9.17, 15) is 5.11 Å². The summed E-state index contributed by atoms with van der Waals surface area (Å²) in [7, 11) is 0. The zero-order chi connectivity index (χ0) is 17.1. The van der Waals surface area contributed by atoms with Gasteiger partial charge in [0, 0.05) is 22.3 Å². The van der Waals surface area contributed by atoms with Crippen molar-refractivity contribution in [3.8, 4) is 11.5 Å². The molecule has 1 fully saturated rings. The first-order valence-electron chi connectivity index (χ1n) is 9.97. The average molecular weight is 328 g/mol. The molecule has 2 bridgehead atoms. The molecule has 2 heteroatoms. The summed E-state index contributed by atoms with van der Waals surface area (Å²) in [6, 6.07) is 0. The molecule has 0 amide bonds. The highest BCUT2D eigenvalue weighted by atomic mass is 16.5. The molecule has 132 valence electrons. The molecule has 1 heterocycles. The average Bonchev–Trinajstić information content (AvgIpc) is 2.55. The van der Waals surface area contributed by atoms with Crippen molar-refractivity contribution >= 4 is 0 Å². The van der Waals surface area contributed by atoms with Gasteiger partial charge in [-0.25, -0.2) is 0 Å². The van der Waals surface area contributed by atoms with Gasteiger partial charge in [0.25, 0.3) is 0 Å². The maximum absolute atomic E-state index is 11.2. The van der Waals surface area contributed by atoms with Crippen LogP contribution in [0.1, 0.15) is 100 Å². The van der Waals surface area contributed by atoms with Gasteiger partial charge in [0.15, 0.2) is 0 Å². The first-order chi connectivity index (χ1) is 11.4. The molecule has 1 aliphatic heterocycles. The van der Waals surface area contributed by atoms with Crippen LogP contribution in [0.2, 0.25) is 0 Å². The summed E-state index contributed by atoms with van der Waals surface area (Å²) in [5.41, 5.74) is 5.13. The van der Waals surface area contributed by atoms with E-state index in [0.29, 0.717) is 23.5 Å². The Morgan fingerprint density at radius 3 is 2.33 bits per heavy atom. The lowest BCUT2D eigenvalue weighted by atomic mass is 9.64. The third-order valence-corrected chi connectivity index (χ3v) is 6.58. The molecule has 0 unspecified atom stereocenters. The van der Waals surface area contributed by atoms with Gasteiger partial charge in [-0.1, -0.05) is 13.8 Å². The molecule has 0 aromatic heterocycles. The fourth-order valence-electron chi connectivity index (χ4n) is 5.18. The fourth-order valence-corrected chi connectivity index (χ4v) is 5.18. The Morgan fingerprint density at radius 2 is 1.71 bits per heavy atom. The van der Waals surface area contributed by atoms with E-state index in [2.05, 4.69) is 27.7 Å². The van der Waals surface area contributed by atoms with Crippen LogP contribution in [0, 0.1) is 5.92 Å². The molecule has 1 aromatic rings. The van der Waals surface area contributed by atoms with Gasteiger partial charge in [-0.2, -0.15) is 0 Å². The molecule has 1 saturated carbocycles. The van der Waals surface area contributed by atoms with Gasteiger partial charge < -0.3 is 9.84 Å². The van der Waals surface area contributed by atoms with Gasteiger partial charge in [-0.15, -0.1) is 0 Å². The molecule has 3 aliphatic carbocycles. The minimum Gasteiger partial charge on any atom is -0.507 e. The Balaban J connectivity index is 1.89. The molecular weight excluding hydrogens is 296 g/mol. The smallest absolute Gasteiger partial charge is 0.127 e. The maximum atomic E-state index is 11.2. The summed E-state index contributed by atoms with van der Waals surface area (Å²) in [4.78, 5) is 0. The third-order valence-electron chi connectivity index (χ3n) is 6.58. The van der Waals surface area contributed by atoms with E-state index in [0.717, 1.165) is 25.7 Å². The van der Waals surface area contributed by atoms with Crippen LogP contribution >= 0.6 is 0 Å². The third kappa shape index (κ3) is 2.53. The Bertz CT molecular complexity index is 649. The molecule has 1 N–H and O–H groups in total. The second-order valence-corrected chi connectivity index (χ2v) is 9.31. The molecule has 24 heavy (non-hydrogen) atoms. The summed E-state index contributed by atoms with van der Waals surface area (Å²) in [5, 5.41) is 11.2.